The maximum Gasteiger partial charge on any atom is 0.256 e. The topological polar surface area (TPSA) is 54.3 Å². The number of hydrogen-bond donors (Lipinski definition) is 1. The van der Waals surface area contributed by atoms with Crippen molar-refractivity contribution in [2.45, 2.75) is 6.42 Å². The van der Waals surface area contributed by atoms with Gasteiger partial charge in [0.05, 0.1) is 6.61 Å². The van der Waals surface area contributed by atoms with Crippen LogP contribution >= 0.6 is 31.7 Å². The number of nitrogens with zero attached hydrogens (tertiary/aromatic N) is 2. The van der Waals surface area contributed by atoms with Gasteiger partial charge in [-0.3, -0.25) is 0 Å². The molecule has 0 aromatic rings. The van der Waals surface area contributed by atoms with Crippen LogP contribution in [0.1, 0.15) is 6.42 Å². The third kappa shape index (κ3) is 8.50. The fourth-order valence-corrected chi connectivity index (χ4v) is 2.49. The van der Waals surface area contributed by atoms with E-state index in [9.17, 15) is 4.89 Å². The van der Waals surface area contributed by atoms with Gasteiger partial charge in [0.2, 0.25) is 0 Å². The summed E-state index contributed by atoms with van der Waals surface area (Å²) in [5.41, 5.74) is 0. The van der Waals surface area contributed by atoms with E-state index in [1.807, 2.05) is 0 Å². The summed E-state index contributed by atoms with van der Waals surface area (Å²) in [5, 5.41) is 3.55. The van der Waals surface area contributed by atoms with Crippen LogP contribution in [-0.2, 0) is 9.36 Å². The molecule has 0 aliphatic rings. The van der Waals surface area contributed by atoms with Gasteiger partial charge >= 0.3 is 0 Å². The van der Waals surface area contributed by atoms with Gasteiger partial charge in [-0.2, -0.15) is 0 Å². The first kappa shape index (κ1) is 16.4. The van der Waals surface area contributed by atoms with Crippen LogP contribution in [0.15, 0.2) is 5.16 Å². The van der Waals surface area contributed by atoms with Crippen molar-refractivity contribution in [2.75, 3.05) is 38.6 Å². The van der Waals surface area contributed by atoms with Crippen LogP contribution in [0.25, 0.3) is 0 Å². The Morgan fingerprint density at radius 3 is 2.50 bits per heavy atom. The van der Waals surface area contributed by atoms with Crippen LogP contribution in [0.4, 0.5) is 0 Å². The second kappa shape index (κ2) is 11.8. The number of rotatable bonds is 10. The van der Waals surface area contributed by atoms with E-state index < -0.39 is 8.53 Å². The normalized spacial score (nSPS) is 13.6. The molecule has 0 spiro atoms. The zero-order valence-corrected chi connectivity index (χ0v) is 11.6. The molecule has 0 aromatic heterocycles. The molecule has 1 atom stereocenters. The molecule has 0 bridgehead atoms. The van der Waals surface area contributed by atoms with Gasteiger partial charge < -0.3 is 14.3 Å². The molecule has 1 N–H and O–H groups in total. The van der Waals surface area contributed by atoms with Crippen molar-refractivity contribution in [2.24, 2.45) is 5.16 Å². The standard InChI is InChI=1S/C8H17Cl2N2O3P/c1-14-11-5-2-8-15-16(13)12(6-3-9)7-4-10/h5,13H,2-4,6-8H2,1H3/b11-5+. The summed E-state index contributed by atoms with van der Waals surface area (Å²) in [6.45, 7) is 1.50. The number of halogens is 2. The molecule has 8 heteroatoms. The van der Waals surface area contributed by atoms with Gasteiger partial charge in [-0.25, -0.2) is 4.67 Å². The summed E-state index contributed by atoms with van der Waals surface area (Å²) in [6.07, 6.45) is 2.17. The van der Waals surface area contributed by atoms with Crippen LogP contribution in [0.2, 0.25) is 0 Å². The zero-order chi connectivity index (χ0) is 12.2. The molecule has 0 aliphatic carbocycles. The number of hydrogen-bond acceptors (Lipinski definition) is 5. The fourth-order valence-electron chi connectivity index (χ4n) is 0.874. The minimum absolute atomic E-state index is 0.385. The van der Waals surface area contributed by atoms with E-state index in [2.05, 4.69) is 9.99 Å². The molecule has 0 radical (unpaired) electrons. The quantitative estimate of drug-likeness (QED) is 0.220. The molecule has 0 rings (SSSR count). The lowest BCUT2D eigenvalue weighted by Crippen LogP contribution is -2.23. The Morgan fingerprint density at radius 2 is 2.00 bits per heavy atom. The third-order valence-corrected chi connectivity index (χ3v) is 3.20. The van der Waals surface area contributed by atoms with Crippen LogP contribution < -0.4 is 0 Å². The SMILES string of the molecule is CO/N=C/CCOP(O)N(CCCl)CCCl. The molecule has 1 unspecified atom stereocenters. The zero-order valence-electron chi connectivity index (χ0n) is 9.18. The number of alkyl halides is 2. The van der Waals surface area contributed by atoms with E-state index in [1.165, 1.54) is 7.11 Å². The van der Waals surface area contributed by atoms with Gasteiger partial charge in [0.25, 0.3) is 8.53 Å². The van der Waals surface area contributed by atoms with Gasteiger partial charge in [-0.15, -0.1) is 23.2 Å². The highest BCUT2D eigenvalue weighted by atomic mass is 35.5. The van der Waals surface area contributed by atoms with E-state index >= 15 is 0 Å². The van der Waals surface area contributed by atoms with Gasteiger partial charge in [0.15, 0.2) is 0 Å². The van der Waals surface area contributed by atoms with Crippen molar-refractivity contribution in [1.82, 2.24) is 4.67 Å². The highest BCUT2D eigenvalue weighted by Crippen LogP contribution is 2.36. The van der Waals surface area contributed by atoms with E-state index in [4.69, 9.17) is 27.7 Å². The second-order valence-electron chi connectivity index (χ2n) is 2.68. The van der Waals surface area contributed by atoms with E-state index in [1.54, 1.807) is 10.9 Å². The average Bonchev–Trinajstić information content (AvgIpc) is 2.28. The summed E-state index contributed by atoms with van der Waals surface area (Å²) < 4.78 is 6.96. The predicted octanol–water partition coefficient (Wildman–Crippen LogP) is 2.02. The Kier molecular flexibility index (Phi) is 12.1. The number of oxime groups is 1. The van der Waals surface area contributed by atoms with Crippen molar-refractivity contribution < 1.29 is 14.3 Å². The van der Waals surface area contributed by atoms with Gasteiger partial charge in [-0.05, 0) is 0 Å². The second-order valence-corrected chi connectivity index (χ2v) is 4.76. The molecule has 0 aliphatic heterocycles. The van der Waals surface area contributed by atoms with Gasteiger partial charge in [0, 0.05) is 37.5 Å². The Labute approximate surface area is 107 Å². The molecule has 96 valence electrons. The predicted molar refractivity (Wildman–Crippen MR) is 68.2 cm³/mol. The molecule has 0 heterocycles. The van der Waals surface area contributed by atoms with E-state index in [-0.39, 0.29) is 0 Å². The van der Waals surface area contributed by atoms with Crippen molar-refractivity contribution in [3.63, 3.8) is 0 Å². The summed E-state index contributed by atoms with van der Waals surface area (Å²) in [5.74, 6) is 0.871. The van der Waals surface area contributed by atoms with E-state index in [0.29, 0.717) is 37.9 Å². The maximum atomic E-state index is 9.70. The monoisotopic (exact) mass is 290 g/mol. The highest BCUT2D eigenvalue weighted by molar-refractivity contribution is 7.43. The van der Waals surface area contributed by atoms with Crippen LogP contribution in [-0.4, -0.2) is 54.3 Å². The Balaban J connectivity index is 3.72. The highest BCUT2D eigenvalue weighted by Gasteiger charge is 2.15. The van der Waals surface area contributed by atoms with Crippen molar-refractivity contribution in [3.05, 3.63) is 0 Å². The molecule has 0 aromatic carbocycles. The molecule has 0 saturated carbocycles. The summed E-state index contributed by atoms with van der Waals surface area (Å²) in [7, 11) is -0.143. The first-order valence-electron chi connectivity index (χ1n) is 4.80. The van der Waals surface area contributed by atoms with Gasteiger partial charge in [-0.1, -0.05) is 5.16 Å². The minimum Gasteiger partial charge on any atom is -0.399 e. The molecule has 0 amide bonds. The minimum atomic E-state index is -1.61. The van der Waals surface area contributed by atoms with Crippen molar-refractivity contribution in [1.29, 1.82) is 0 Å². The maximum absolute atomic E-state index is 9.70. The van der Waals surface area contributed by atoms with E-state index in [0.717, 1.165) is 0 Å². The Morgan fingerprint density at radius 1 is 1.38 bits per heavy atom. The first-order chi connectivity index (χ1) is 7.76. The largest absolute Gasteiger partial charge is 0.399 e. The van der Waals surface area contributed by atoms with Gasteiger partial charge in [0.1, 0.15) is 7.11 Å². The third-order valence-electron chi connectivity index (χ3n) is 1.56. The smallest absolute Gasteiger partial charge is 0.256 e. The Hall–Kier alpha value is 0.360. The average molecular weight is 291 g/mol. The van der Waals surface area contributed by atoms with Crippen LogP contribution in [0.5, 0.6) is 0 Å². The first-order valence-corrected chi connectivity index (χ1v) is 7.03. The lowest BCUT2D eigenvalue weighted by atomic mass is 10.5. The fraction of sp³-hybridized carbons (Fsp3) is 0.875. The van der Waals surface area contributed by atoms with Crippen molar-refractivity contribution >= 4 is 37.9 Å². The molecular formula is C8H17Cl2N2O3P. The summed E-state index contributed by atoms with van der Waals surface area (Å²) in [6, 6.07) is 0. The Bertz CT molecular complexity index is 183. The molecule has 0 fully saturated rings. The molecule has 5 nitrogen and oxygen atoms in total. The van der Waals surface area contributed by atoms with Crippen LogP contribution in [0.3, 0.4) is 0 Å². The molecule has 0 saturated heterocycles. The van der Waals surface area contributed by atoms with Crippen molar-refractivity contribution in [3.8, 4) is 0 Å². The lowest BCUT2D eigenvalue weighted by molar-refractivity contribution is 0.213. The lowest BCUT2D eigenvalue weighted by Gasteiger charge is -2.23. The molecular weight excluding hydrogens is 274 g/mol. The molecule has 16 heavy (non-hydrogen) atoms. The summed E-state index contributed by atoms with van der Waals surface area (Å²) in [4.78, 5) is 14.2. The summed E-state index contributed by atoms with van der Waals surface area (Å²) >= 11 is 11.2. The van der Waals surface area contributed by atoms with Crippen LogP contribution in [0, 0.1) is 0 Å².